The summed E-state index contributed by atoms with van der Waals surface area (Å²) in [4.78, 5) is 11.0. The Balaban J connectivity index is 2.19. The molecule has 0 fully saturated rings. The largest absolute Gasteiger partial charge is 0.508 e. The van der Waals surface area contributed by atoms with Gasteiger partial charge in [0.2, 0.25) is 6.41 Å². The van der Waals surface area contributed by atoms with Gasteiger partial charge >= 0.3 is 0 Å². The highest BCUT2D eigenvalue weighted by molar-refractivity contribution is 7.71. The molecule has 8 heteroatoms. The number of carbonyl (C=O) groups excluding carboxylic acids is 1. The number of aromatic hydroxyl groups is 2. The number of aromatic amines is 1. The highest BCUT2D eigenvalue weighted by atomic mass is 32.1. The number of hydrogen-bond acceptors (Lipinski definition) is 5. The number of anilines is 1. The van der Waals surface area contributed by atoms with Gasteiger partial charge in [0.1, 0.15) is 11.5 Å². The van der Waals surface area contributed by atoms with Gasteiger partial charge in [0, 0.05) is 11.8 Å². The minimum absolute atomic E-state index is 0.0332. The molecule has 0 bridgehead atoms. The van der Waals surface area contributed by atoms with Gasteiger partial charge in [-0.15, -0.1) is 0 Å². The van der Waals surface area contributed by atoms with Crippen molar-refractivity contribution >= 4 is 24.3 Å². The number of nitrogens with zero attached hydrogens (tertiary/aromatic N) is 2. The molecule has 28 heavy (non-hydrogen) atoms. The molecule has 2 aromatic carbocycles. The first-order valence-corrected chi connectivity index (χ1v) is 9.47. The molecule has 0 atom stereocenters. The predicted molar refractivity (Wildman–Crippen MR) is 111 cm³/mol. The third kappa shape index (κ3) is 3.63. The Hall–Kier alpha value is -3.13. The van der Waals surface area contributed by atoms with Crippen LogP contribution < -0.4 is 5.32 Å². The number of aromatic nitrogens is 3. The summed E-state index contributed by atoms with van der Waals surface area (Å²) >= 11 is 5.40. The molecule has 1 heterocycles. The predicted octanol–water partition coefficient (Wildman–Crippen LogP) is 4.09. The van der Waals surface area contributed by atoms with E-state index in [0.29, 0.717) is 45.9 Å². The van der Waals surface area contributed by atoms with Crippen molar-refractivity contribution in [3.8, 4) is 28.6 Å². The minimum Gasteiger partial charge on any atom is -0.508 e. The highest BCUT2D eigenvalue weighted by Gasteiger charge is 2.17. The standard InChI is InChI=1S/C20H22N4O3S/c1-3-5-13-6-7-14(9-16(13)21-11-25)24-19(22-23-20(24)28)15-8-12(4-2)17(26)10-18(15)27/h6-11,26-27H,3-5H2,1-2H3,(H,21,25)(H,23,28). The second-order valence-corrected chi connectivity index (χ2v) is 6.78. The Kier molecular flexibility index (Phi) is 5.79. The first-order valence-electron chi connectivity index (χ1n) is 9.06. The fraction of sp³-hybridized carbons (Fsp3) is 0.250. The highest BCUT2D eigenvalue weighted by Crippen LogP contribution is 2.35. The fourth-order valence-corrected chi connectivity index (χ4v) is 3.43. The average Bonchev–Trinajstić information content (AvgIpc) is 3.05. The maximum absolute atomic E-state index is 11.0. The van der Waals surface area contributed by atoms with E-state index in [1.807, 2.05) is 25.1 Å². The van der Waals surface area contributed by atoms with E-state index in [9.17, 15) is 15.0 Å². The van der Waals surface area contributed by atoms with Crippen molar-refractivity contribution in [2.75, 3.05) is 5.32 Å². The maximum atomic E-state index is 11.0. The Labute approximate surface area is 167 Å². The minimum atomic E-state index is -0.0983. The molecular weight excluding hydrogens is 376 g/mol. The zero-order valence-electron chi connectivity index (χ0n) is 15.7. The quantitative estimate of drug-likeness (QED) is 0.355. The maximum Gasteiger partial charge on any atom is 0.211 e. The van der Waals surface area contributed by atoms with Gasteiger partial charge < -0.3 is 15.5 Å². The lowest BCUT2D eigenvalue weighted by Gasteiger charge is -2.14. The fourth-order valence-electron chi connectivity index (χ4n) is 3.19. The van der Waals surface area contributed by atoms with E-state index in [4.69, 9.17) is 12.2 Å². The van der Waals surface area contributed by atoms with Crippen LogP contribution in [0.3, 0.4) is 0 Å². The molecule has 0 aliphatic rings. The summed E-state index contributed by atoms with van der Waals surface area (Å²) in [7, 11) is 0. The first-order chi connectivity index (χ1) is 13.5. The van der Waals surface area contributed by atoms with Crippen LogP contribution in [0, 0.1) is 4.77 Å². The summed E-state index contributed by atoms with van der Waals surface area (Å²) < 4.78 is 2.04. The molecular formula is C20H22N4O3S. The molecule has 3 aromatic rings. The summed E-state index contributed by atoms with van der Waals surface area (Å²) in [5.41, 5.74) is 3.56. The van der Waals surface area contributed by atoms with Crippen molar-refractivity contribution in [2.24, 2.45) is 0 Å². The number of phenolic OH excluding ortho intramolecular Hbond substituents is 2. The number of aryl methyl sites for hydroxylation is 2. The molecule has 0 aliphatic heterocycles. The number of H-pyrrole nitrogens is 1. The molecule has 0 saturated carbocycles. The Morgan fingerprint density at radius 2 is 1.96 bits per heavy atom. The Morgan fingerprint density at radius 3 is 2.64 bits per heavy atom. The Morgan fingerprint density at radius 1 is 1.18 bits per heavy atom. The van der Waals surface area contributed by atoms with Crippen LogP contribution in [-0.2, 0) is 17.6 Å². The molecule has 146 valence electrons. The third-order valence-electron chi connectivity index (χ3n) is 4.58. The molecule has 3 rings (SSSR count). The van der Waals surface area contributed by atoms with Crippen molar-refractivity contribution in [2.45, 2.75) is 33.1 Å². The van der Waals surface area contributed by atoms with E-state index < -0.39 is 0 Å². The number of nitrogens with one attached hydrogen (secondary N) is 2. The number of benzene rings is 2. The summed E-state index contributed by atoms with van der Waals surface area (Å²) in [6.45, 7) is 3.98. The van der Waals surface area contributed by atoms with E-state index in [1.54, 1.807) is 10.6 Å². The zero-order chi connectivity index (χ0) is 20.3. The SMILES string of the molecule is CCCc1ccc(-n2c(-c3cc(CC)c(O)cc3O)n[nH]c2=S)cc1NC=O. The van der Waals surface area contributed by atoms with E-state index in [-0.39, 0.29) is 11.5 Å². The lowest BCUT2D eigenvalue weighted by molar-refractivity contribution is -0.105. The van der Waals surface area contributed by atoms with Gasteiger partial charge in [-0.1, -0.05) is 26.3 Å². The normalized spacial score (nSPS) is 10.8. The number of carbonyl (C=O) groups is 1. The summed E-state index contributed by atoms with van der Waals surface area (Å²) in [6.07, 6.45) is 3.03. The summed E-state index contributed by atoms with van der Waals surface area (Å²) in [5, 5.41) is 30.1. The molecule has 0 aliphatic carbocycles. The zero-order valence-corrected chi connectivity index (χ0v) is 16.5. The number of hydrogen-bond donors (Lipinski definition) is 4. The van der Waals surface area contributed by atoms with Gasteiger partial charge in [0.25, 0.3) is 0 Å². The number of rotatable bonds is 7. The topological polar surface area (TPSA) is 103 Å². The molecule has 1 amide bonds. The van der Waals surface area contributed by atoms with Crippen molar-refractivity contribution in [3.63, 3.8) is 0 Å². The van der Waals surface area contributed by atoms with Gasteiger partial charge in [-0.2, -0.15) is 5.10 Å². The van der Waals surface area contributed by atoms with Gasteiger partial charge in [-0.25, -0.2) is 0 Å². The number of amides is 1. The van der Waals surface area contributed by atoms with Crippen LogP contribution in [0.15, 0.2) is 30.3 Å². The third-order valence-corrected chi connectivity index (χ3v) is 4.85. The molecule has 7 nitrogen and oxygen atoms in total. The number of phenols is 2. The molecule has 0 unspecified atom stereocenters. The smallest absolute Gasteiger partial charge is 0.211 e. The average molecular weight is 398 g/mol. The van der Waals surface area contributed by atoms with Crippen molar-refractivity contribution < 1.29 is 15.0 Å². The second kappa shape index (κ2) is 8.26. The van der Waals surface area contributed by atoms with Crippen molar-refractivity contribution in [1.82, 2.24) is 14.8 Å². The van der Waals surface area contributed by atoms with Gasteiger partial charge in [0.05, 0.1) is 11.3 Å². The van der Waals surface area contributed by atoms with E-state index >= 15 is 0 Å². The Bertz CT molecular complexity index is 1070. The van der Waals surface area contributed by atoms with Crippen LogP contribution in [0.1, 0.15) is 31.4 Å². The van der Waals surface area contributed by atoms with Crippen molar-refractivity contribution in [3.05, 3.63) is 46.2 Å². The van der Waals surface area contributed by atoms with Crippen molar-refractivity contribution in [1.29, 1.82) is 0 Å². The molecule has 1 aromatic heterocycles. The van der Waals surface area contributed by atoms with Gasteiger partial charge in [-0.05, 0) is 54.4 Å². The monoisotopic (exact) mass is 398 g/mol. The van der Waals surface area contributed by atoms with Crippen LogP contribution in [0.4, 0.5) is 5.69 Å². The van der Waals surface area contributed by atoms with Crippen LogP contribution >= 0.6 is 12.2 Å². The van der Waals surface area contributed by atoms with E-state index in [2.05, 4.69) is 22.4 Å². The van der Waals surface area contributed by atoms with Crippen LogP contribution in [0.25, 0.3) is 17.1 Å². The van der Waals surface area contributed by atoms with E-state index in [0.717, 1.165) is 18.4 Å². The molecule has 0 saturated heterocycles. The van der Waals surface area contributed by atoms with Gasteiger partial charge in [-0.3, -0.25) is 14.5 Å². The van der Waals surface area contributed by atoms with Crippen LogP contribution in [0.5, 0.6) is 11.5 Å². The van der Waals surface area contributed by atoms with Crippen LogP contribution in [0.2, 0.25) is 0 Å². The molecule has 4 N–H and O–H groups in total. The molecule has 0 spiro atoms. The summed E-state index contributed by atoms with van der Waals surface area (Å²) in [5.74, 6) is 0.349. The second-order valence-electron chi connectivity index (χ2n) is 6.39. The van der Waals surface area contributed by atoms with E-state index in [1.165, 1.54) is 6.07 Å². The lowest BCUT2D eigenvalue weighted by atomic mass is 10.0. The lowest BCUT2D eigenvalue weighted by Crippen LogP contribution is -2.03. The molecule has 0 radical (unpaired) electrons. The van der Waals surface area contributed by atoms with Gasteiger partial charge in [0.15, 0.2) is 10.6 Å². The van der Waals surface area contributed by atoms with Crippen LogP contribution in [-0.4, -0.2) is 31.4 Å². The summed E-state index contributed by atoms with van der Waals surface area (Å²) in [6, 6.07) is 8.67. The first kappa shape index (κ1) is 19.6.